The Kier molecular flexibility index (Phi) is 2.47. The molecule has 4 aromatic rings. The maximum atomic E-state index is 4.80. The Morgan fingerprint density at radius 3 is 2.30 bits per heavy atom. The lowest BCUT2D eigenvalue weighted by Gasteiger charge is -1.99. The number of rotatable bonds is 1. The van der Waals surface area contributed by atoms with Crippen LogP contribution in [0.4, 0.5) is 0 Å². The van der Waals surface area contributed by atoms with Gasteiger partial charge in [0, 0.05) is 12.6 Å². The number of benzene rings is 2. The number of hydrogen-bond donors (Lipinski definition) is 0. The molecule has 0 amide bonds. The molecule has 2 aromatic carbocycles. The fraction of sp³-hybridized carbons (Fsp3) is 0.0625. The zero-order valence-corrected chi connectivity index (χ0v) is 12.5. The van der Waals surface area contributed by atoms with Crippen LogP contribution in [0.25, 0.3) is 28.1 Å². The van der Waals surface area contributed by atoms with Gasteiger partial charge in [-0.25, -0.2) is 4.98 Å². The fourth-order valence-electron chi connectivity index (χ4n) is 2.65. The highest BCUT2D eigenvalue weighted by molar-refractivity contribution is 9.10. The minimum absolute atomic E-state index is 0.942. The van der Waals surface area contributed by atoms with E-state index in [1.54, 1.807) is 0 Å². The molecule has 0 spiro atoms. The van der Waals surface area contributed by atoms with Crippen LogP contribution in [0.5, 0.6) is 0 Å². The van der Waals surface area contributed by atoms with E-state index in [1.807, 2.05) is 31.3 Å². The summed E-state index contributed by atoms with van der Waals surface area (Å²) in [7, 11) is 2.05. The molecule has 0 saturated heterocycles. The van der Waals surface area contributed by atoms with E-state index in [2.05, 4.69) is 55.2 Å². The first-order valence-corrected chi connectivity index (χ1v) is 7.23. The van der Waals surface area contributed by atoms with Gasteiger partial charge in [0.2, 0.25) is 5.78 Å². The van der Waals surface area contributed by atoms with Crippen molar-refractivity contribution in [2.75, 3.05) is 0 Å². The molecule has 4 rings (SSSR count). The van der Waals surface area contributed by atoms with Gasteiger partial charge in [0.1, 0.15) is 10.3 Å². The van der Waals surface area contributed by atoms with Gasteiger partial charge in [-0.15, -0.1) is 0 Å². The molecular formula is C16H12BrN3. The zero-order chi connectivity index (χ0) is 13.7. The Labute approximate surface area is 124 Å². The van der Waals surface area contributed by atoms with Gasteiger partial charge in [-0.1, -0.05) is 42.5 Å². The average Bonchev–Trinajstić information content (AvgIpc) is 2.98. The summed E-state index contributed by atoms with van der Waals surface area (Å²) in [5.41, 5.74) is 4.43. The number of fused-ring (bicyclic) bond motifs is 3. The number of hydrogen-bond acceptors (Lipinski definition) is 1. The lowest BCUT2D eigenvalue weighted by Crippen LogP contribution is -1.88. The Hall–Kier alpha value is -2.07. The van der Waals surface area contributed by atoms with Crippen molar-refractivity contribution in [2.45, 2.75) is 0 Å². The third kappa shape index (κ3) is 1.48. The van der Waals surface area contributed by atoms with Crippen LogP contribution in [0.15, 0.2) is 59.2 Å². The summed E-state index contributed by atoms with van der Waals surface area (Å²) in [6.07, 6.45) is 0. The van der Waals surface area contributed by atoms with Gasteiger partial charge in [-0.2, -0.15) is 0 Å². The molecule has 0 bridgehead atoms. The third-order valence-corrected chi connectivity index (χ3v) is 4.36. The Morgan fingerprint density at radius 1 is 0.900 bits per heavy atom. The van der Waals surface area contributed by atoms with Gasteiger partial charge in [0.25, 0.3) is 0 Å². The smallest absolute Gasteiger partial charge is 0.216 e. The van der Waals surface area contributed by atoms with Crippen LogP contribution in [0.2, 0.25) is 0 Å². The van der Waals surface area contributed by atoms with Gasteiger partial charge in [0.15, 0.2) is 0 Å². The van der Waals surface area contributed by atoms with Crippen LogP contribution in [0.1, 0.15) is 0 Å². The molecule has 3 nitrogen and oxygen atoms in total. The lowest BCUT2D eigenvalue weighted by atomic mass is 10.2. The molecule has 0 atom stereocenters. The molecular weight excluding hydrogens is 314 g/mol. The van der Waals surface area contributed by atoms with Crippen LogP contribution < -0.4 is 0 Å². The molecule has 2 aromatic heterocycles. The van der Waals surface area contributed by atoms with Crippen LogP contribution in [0.3, 0.4) is 0 Å². The van der Waals surface area contributed by atoms with E-state index in [-0.39, 0.29) is 0 Å². The average molecular weight is 326 g/mol. The normalized spacial score (nSPS) is 11.5. The fourth-order valence-corrected chi connectivity index (χ4v) is 3.32. The molecule has 0 saturated carbocycles. The molecule has 0 unspecified atom stereocenters. The van der Waals surface area contributed by atoms with Gasteiger partial charge in [-0.3, -0.25) is 4.40 Å². The predicted molar refractivity (Wildman–Crippen MR) is 84.8 cm³/mol. The van der Waals surface area contributed by atoms with Crippen molar-refractivity contribution in [1.82, 2.24) is 14.0 Å². The Morgan fingerprint density at radius 2 is 1.55 bits per heavy atom. The first-order valence-electron chi connectivity index (χ1n) is 6.44. The lowest BCUT2D eigenvalue weighted by molar-refractivity contribution is 0.968. The second kappa shape index (κ2) is 4.21. The quantitative estimate of drug-likeness (QED) is 0.512. The van der Waals surface area contributed by atoms with Gasteiger partial charge >= 0.3 is 0 Å². The van der Waals surface area contributed by atoms with E-state index < -0.39 is 0 Å². The van der Waals surface area contributed by atoms with Crippen molar-refractivity contribution in [3.8, 4) is 11.3 Å². The summed E-state index contributed by atoms with van der Waals surface area (Å²) in [5, 5.41) is 0. The highest BCUT2D eigenvalue weighted by Gasteiger charge is 2.17. The Balaban J connectivity index is 2.13. The molecule has 0 N–H and O–H groups in total. The highest BCUT2D eigenvalue weighted by Crippen LogP contribution is 2.32. The third-order valence-electron chi connectivity index (χ3n) is 3.63. The summed E-state index contributed by atoms with van der Waals surface area (Å²) in [5.74, 6) is 0.942. The number of aromatic nitrogens is 3. The molecule has 2 heterocycles. The molecule has 0 aliphatic heterocycles. The largest absolute Gasteiger partial charge is 0.313 e. The summed E-state index contributed by atoms with van der Waals surface area (Å²) in [6.45, 7) is 0. The van der Waals surface area contributed by atoms with Crippen LogP contribution in [0, 0.1) is 0 Å². The van der Waals surface area contributed by atoms with Crippen molar-refractivity contribution >= 4 is 32.7 Å². The van der Waals surface area contributed by atoms with Crippen LogP contribution >= 0.6 is 15.9 Å². The van der Waals surface area contributed by atoms with E-state index in [0.29, 0.717) is 0 Å². The van der Waals surface area contributed by atoms with E-state index in [4.69, 9.17) is 4.98 Å². The standard InChI is InChI=1S/C16H12BrN3/c1-19-12-9-5-6-10-13(12)20-15(17)14(18-16(19)20)11-7-3-2-4-8-11/h2-10H,1H3. The summed E-state index contributed by atoms with van der Waals surface area (Å²) < 4.78 is 5.26. The topological polar surface area (TPSA) is 22.2 Å². The molecule has 0 fully saturated rings. The summed E-state index contributed by atoms with van der Waals surface area (Å²) in [6, 6.07) is 18.6. The second-order valence-corrected chi connectivity index (χ2v) is 5.55. The zero-order valence-electron chi connectivity index (χ0n) is 10.9. The minimum atomic E-state index is 0.942. The SMILES string of the molecule is Cn1c2ccccc2n2c(Br)c(-c3ccccc3)nc12. The van der Waals surface area contributed by atoms with Gasteiger partial charge < -0.3 is 4.57 Å². The van der Waals surface area contributed by atoms with Crippen LogP contribution in [-0.4, -0.2) is 14.0 Å². The summed E-state index contributed by atoms with van der Waals surface area (Å²) in [4.78, 5) is 4.80. The molecule has 0 aliphatic carbocycles. The van der Waals surface area contributed by atoms with Crippen molar-refractivity contribution < 1.29 is 0 Å². The molecule has 0 aliphatic rings. The highest BCUT2D eigenvalue weighted by atomic mass is 79.9. The van der Waals surface area contributed by atoms with E-state index in [1.165, 1.54) is 5.52 Å². The number of nitrogens with zero attached hydrogens (tertiary/aromatic N) is 3. The molecule has 98 valence electrons. The van der Waals surface area contributed by atoms with Gasteiger partial charge in [-0.05, 0) is 28.1 Å². The second-order valence-electron chi connectivity index (χ2n) is 4.80. The number of imidazole rings is 2. The number of halogens is 1. The van der Waals surface area contributed by atoms with Crippen molar-refractivity contribution in [3.05, 3.63) is 59.2 Å². The molecule has 4 heteroatoms. The first-order chi connectivity index (χ1) is 9.77. The monoisotopic (exact) mass is 325 g/mol. The van der Waals surface area contributed by atoms with E-state index in [9.17, 15) is 0 Å². The van der Waals surface area contributed by atoms with Crippen LogP contribution in [-0.2, 0) is 7.05 Å². The van der Waals surface area contributed by atoms with Crippen molar-refractivity contribution in [2.24, 2.45) is 7.05 Å². The van der Waals surface area contributed by atoms with Gasteiger partial charge in [0.05, 0.1) is 11.0 Å². The van der Waals surface area contributed by atoms with E-state index in [0.717, 1.165) is 27.2 Å². The maximum absolute atomic E-state index is 4.80. The van der Waals surface area contributed by atoms with Crippen molar-refractivity contribution in [1.29, 1.82) is 0 Å². The van der Waals surface area contributed by atoms with Crippen molar-refractivity contribution in [3.63, 3.8) is 0 Å². The summed E-state index contributed by atoms with van der Waals surface area (Å²) >= 11 is 3.71. The number of aryl methyl sites for hydroxylation is 1. The molecule has 20 heavy (non-hydrogen) atoms. The molecule has 0 radical (unpaired) electrons. The predicted octanol–water partition coefficient (Wildman–Crippen LogP) is 4.26. The maximum Gasteiger partial charge on any atom is 0.216 e. The number of para-hydroxylation sites is 2. The Bertz CT molecular complexity index is 919. The first kappa shape index (κ1) is 11.7. The van der Waals surface area contributed by atoms with E-state index >= 15 is 0 Å². The minimum Gasteiger partial charge on any atom is -0.313 e.